The van der Waals surface area contributed by atoms with Crippen molar-refractivity contribution < 1.29 is 14.7 Å². The maximum atomic E-state index is 11.9. The number of hydrogen-bond donors (Lipinski definition) is 2. The zero-order valence-corrected chi connectivity index (χ0v) is 12.6. The fraction of sp³-hybridized carbons (Fsp3) is 0.500. The lowest BCUT2D eigenvalue weighted by atomic mass is 9.92. The van der Waals surface area contributed by atoms with E-state index >= 15 is 0 Å². The van der Waals surface area contributed by atoms with Crippen molar-refractivity contribution in [2.75, 3.05) is 0 Å². The molecule has 0 radical (unpaired) electrons. The third kappa shape index (κ3) is 4.83. The number of Topliss-reactive ketones (excluding diaryl/α,β-unsaturated/α-hetero) is 1. The molecule has 2 rings (SSSR count). The predicted octanol–water partition coefficient (Wildman–Crippen LogP) is 2.72. The van der Waals surface area contributed by atoms with Crippen LogP contribution >= 0.6 is 11.6 Å². The van der Waals surface area contributed by atoms with Crippen molar-refractivity contribution in [2.24, 2.45) is 0 Å². The summed E-state index contributed by atoms with van der Waals surface area (Å²) in [5, 5.41) is 13.2. The number of halogens is 1. The summed E-state index contributed by atoms with van der Waals surface area (Å²) < 4.78 is 0. The number of ketones is 1. The summed E-state index contributed by atoms with van der Waals surface area (Å²) in [4.78, 5) is 23.8. The zero-order chi connectivity index (χ0) is 15.2. The van der Waals surface area contributed by atoms with Crippen molar-refractivity contribution in [3.8, 4) is 0 Å². The van der Waals surface area contributed by atoms with Crippen LogP contribution in [-0.2, 0) is 4.79 Å². The van der Waals surface area contributed by atoms with E-state index in [2.05, 4.69) is 5.32 Å². The van der Waals surface area contributed by atoms with Gasteiger partial charge in [-0.3, -0.25) is 9.59 Å². The van der Waals surface area contributed by atoms with E-state index in [9.17, 15) is 14.7 Å². The Bertz CT molecular complexity index is 501. The largest absolute Gasteiger partial charge is 0.391 e. The van der Waals surface area contributed by atoms with Gasteiger partial charge in [-0.25, -0.2) is 0 Å². The van der Waals surface area contributed by atoms with Gasteiger partial charge in [0, 0.05) is 23.4 Å². The lowest BCUT2D eigenvalue weighted by Crippen LogP contribution is -2.45. The van der Waals surface area contributed by atoms with Crippen LogP contribution in [0.3, 0.4) is 0 Å². The summed E-state index contributed by atoms with van der Waals surface area (Å²) >= 11 is 5.77. The molecule has 5 heteroatoms. The highest BCUT2D eigenvalue weighted by Crippen LogP contribution is 2.18. The third-order valence-corrected chi connectivity index (χ3v) is 4.07. The molecule has 2 N–H and O–H groups in total. The second-order valence-corrected chi connectivity index (χ2v) is 5.89. The number of hydrogen-bond acceptors (Lipinski definition) is 3. The van der Waals surface area contributed by atoms with Gasteiger partial charge in [0.15, 0.2) is 5.78 Å². The van der Waals surface area contributed by atoms with Crippen LogP contribution < -0.4 is 5.32 Å². The van der Waals surface area contributed by atoms with Gasteiger partial charge in [-0.1, -0.05) is 24.4 Å². The number of amides is 1. The molecule has 1 aliphatic carbocycles. The lowest BCUT2D eigenvalue weighted by Gasteiger charge is -2.28. The molecule has 0 bridgehead atoms. The van der Waals surface area contributed by atoms with Gasteiger partial charge in [0.05, 0.1) is 12.1 Å². The van der Waals surface area contributed by atoms with Gasteiger partial charge in [-0.15, -0.1) is 0 Å². The van der Waals surface area contributed by atoms with Gasteiger partial charge >= 0.3 is 0 Å². The minimum atomic E-state index is -0.463. The van der Waals surface area contributed by atoms with Gasteiger partial charge in [-0.05, 0) is 37.1 Å². The maximum Gasteiger partial charge on any atom is 0.220 e. The fourth-order valence-corrected chi connectivity index (χ4v) is 2.69. The first-order chi connectivity index (χ1) is 10.1. The molecule has 1 aliphatic rings. The molecule has 1 saturated carbocycles. The number of aliphatic hydroxyl groups excluding tert-OH is 1. The quantitative estimate of drug-likeness (QED) is 0.822. The number of rotatable bonds is 5. The van der Waals surface area contributed by atoms with Crippen molar-refractivity contribution in [1.82, 2.24) is 5.32 Å². The second kappa shape index (κ2) is 7.57. The molecule has 1 aromatic rings. The average molecular weight is 310 g/mol. The minimum Gasteiger partial charge on any atom is -0.391 e. The van der Waals surface area contributed by atoms with E-state index in [1.807, 2.05) is 0 Å². The number of benzene rings is 1. The summed E-state index contributed by atoms with van der Waals surface area (Å²) in [6, 6.07) is 6.47. The Hall–Kier alpha value is -1.39. The summed E-state index contributed by atoms with van der Waals surface area (Å²) in [6.07, 6.45) is 3.40. The molecule has 0 saturated heterocycles. The molecule has 4 nitrogen and oxygen atoms in total. The van der Waals surface area contributed by atoms with Crippen LogP contribution in [0.4, 0.5) is 0 Å². The smallest absolute Gasteiger partial charge is 0.220 e. The molecule has 21 heavy (non-hydrogen) atoms. The molecule has 0 heterocycles. The van der Waals surface area contributed by atoms with Crippen LogP contribution in [0.15, 0.2) is 24.3 Å². The minimum absolute atomic E-state index is 0.0778. The topological polar surface area (TPSA) is 66.4 Å². The van der Waals surface area contributed by atoms with Crippen LogP contribution in [0.2, 0.25) is 5.02 Å². The second-order valence-electron chi connectivity index (χ2n) is 5.46. The summed E-state index contributed by atoms with van der Waals surface area (Å²) in [6.45, 7) is 0. The Morgan fingerprint density at radius 3 is 2.48 bits per heavy atom. The Morgan fingerprint density at radius 1 is 1.14 bits per heavy atom. The Kier molecular flexibility index (Phi) is 5.76. The summed E-state index contributed by atoms with van der Waals surface area (Å²) in [5.74, 6) is -0.255. The number of carbonyl (C=O) groups is 2. The van der Waals surface area contributed by atoms with Gasteiger partial charge in [-0.2, -0.15) is 0 Å². The van der Waals surface area contributed by atoms with Crippen LogP contribution in [0.1, 0.15) is 48.9 Å². The van der Waals surface area contributed by atoms with Crippen molar-refractivity contribution >= 4 is 23.3 Å². The molecule has 114 valence electrons. The highest BCUT2D eigenvalue weighted by Gasteiger charge is 2.24. The molecule has 2 atom stereocenters. The zero-order valence-electron chi connectivity index (χ0n) is 11.8. The van der Waals surface area contributed by atoms with E-state index in [4.69, 9.17) is 11.6 Å². The van der Waals surface area contributed by atoms with Gasteiger partial charge in [0.2, 0.25) is 5.91 Å². The first-order valence-corrected chi connectivity index (χ1v) is 7.70. The monoisotopic (exact) mass is 309 g/mol. The fourth-order valence-electron chi connectivity index (χ4n) is 2.57. The molecule has 0 spiro atoms. The van der Waals surface area contributed by atoms with Crippen molar-refractivity contribution in [3.05, 3.63) is 34.9 Å². The van der Waals surface area contributed by atoms with Gasteiger partial charge < -0.3 is 10.4 Å². The summed E-state index contributed by atoms with van der Waals surface area (Å²) in [5.41, 5.74) is 0.560. The van der Waals surface area contributed by atoms with Gasteiger partial charge in [0.25, 0.3) is 0 Å². The Morgan fingerprint density at radius 2 is 1.81 bits per heavy atom. The first kappa shape index (κ1) is 16.0. The van der Waals surface area contributed by atoms with E-state index in [-0.39, 0.29) is 30.6 Å². The molecule has 2 unspecified atom stereocenters. The molecule has 0 aromatic heterocycles. The van der Waals surface area contributed by atoms with E-state index in [0.29, 0.717) is 10.6 Å². The standard InChI is InChI=1S/C16H20ClNO3/c17-12-7-5-11(6-8-12)14(19)9-10-16(21)18-13-3-1-2-4-15(13)20/h5-8,13,15,20H,1-4,9-10H2,(H,18,21). The SMILES string of the molecule is O=C(CCC(=O)c1ccc(Cl)cc1)NC1CCCCC1O. The van der Waals surface area contributed by atoms with E-state index < -0.39 is 6.10 Å². The molecular formula is C16H20ClNO3. The van der Waals surface area contributed by atoms with Crippen molar-refractivity contribution in [2.45, 2.75) is 50.7 Å². The van der Waals surface area contributed by atoms with E-state index in [1.165, 1.54) is 0 Å². The third-order valence-electron chi connectivity index (χ3n) is 3.82. The van der Waals surface area contributed by atoms with Crippen LogP contribution in [0.5, 0.6) is 0 Å². The van der Waals surface area contributed by atoms with Crippen LogP contribution in [0.25, 0.3) is 0 Å². The molecule has 0 aliphatic heterocycles. The highest BCUT2D eigenvalue weighted by molar-refractivity contribution is 6.30. The van der Waals surface area contributed by atoms with E-state index in [0.717, 1.165) is 25.7 Å². The highest BCUT2D eigenvalue weighted by atomic mass is 35.5. The Labute approximate surface area is 129 Å². The normalized spacial score (nSPS) is 21.8. The van der Waals surface area contributed by atoms with E-state index in [1.54, 1.807) is 24.3 Å². The molecule has 1 fully saturated rings. The first-order valence-electron chi connectivity index (χ1n) is 7.32. The lowest BCUT2D eigenvalue weighted by molar-refractivity contribution is -0.123. The average Bonchev–Trinajstić information content (AvgIpc) is 2.48. The van der Waals surface area contributed by atoms with Crippen molar-refractivity contribution in [1.29, 1.82) is 0 Å². The molecule has 1 amide bonds. The van der Waals surface area contributed by atoms with Crippen LogP contribution in [0, 0.1) is 0 Å². The Balaban J connectivity index is 1.78. The molecule has 1 aromatic carbocycles. The number of nitrogens with one attached hydrogen (secondary N) is 1. The van der Waals surface area contributed by atoms with Crippen molar-refractivity contribution in [3.63, 3.8) is 0 Å². The number of aliphatic hydroxyl groups is 1. The predicted molar refractivity (Wildman–Crippen MR) is 81.4 cm³/mol. The van der Waals surface area contributed by atoms with Crippen LogP contribution in [-0.4, -0.2) is 28.9 Å². The number of carbonyl (C=O) groups excluding carboxylic acids is 2. The van der Waals surface area contributed by atoms with Gasteiger partial charge in [0.1, 0.15) is 0 Å². The molecular weight excluding hydrogens is 290 g/mol. The maximum absolute atomic E-state index is 11.9. The summed E-state index contributed by atoms with van der Waals surface area (Å²) in [7, 11) is 0.